The predicted octanol–water partition coefficient (Wildman–Crippen LogP) is 1.71. The molecule has 2 unspecified atom stereocenters. The van der Waals surface area contributed by atoms with Gasteiger partial charge in [0.05, 0.1) is 5.92 Å². The molecule has 5 heteroatoms. The molecule has 0 saturated carbocycles. The standard InChI is InChI=1S/C16H22N2O3/c1-11(17)5-4-8-15(19)18-9-12-6-2-3-7-13(12)14(10-18)16(20)21/h2-3,6-7,11,14H,4-5,8-10,17H2,1H3,(H,20,21). The van der Waals surface area contributed by atoms with Crippen LogP contribution in [0.25, 0.3) is 0 Å². The van der Waals surface area contributed by atoms with Crippen molar-refractivity contribution in [3.63, 3.8) is 0 Å². The van der Waals surface area contributed by atoms with Crippen molar-refractivity contribution in [3.05, 3.63) is 35.4 Å². The molecular weight excluding hydrogens is 268 g/mol. The van der Waals surface area contributed by atoms with Crippen molar-refractivity contribution >= 4 is 11.9 Å². The fourth-order valence-electron chi connectivity index (χ4n) is 2.74. The smallest absolute Gasteiger partial charge is 0.312 e. The lowest BCUT2D eigenvalue weighted by molar-refractivity contribution is -0.141. The van der Waals surface area contributed by atoms with Crippen molar-refractivity contribution in [2.24, 2.45) is 5.73 Å². The molecule has 1 aliphatic heterocycles. The summed E-state index contributed by atoms with van der Waals surface area (Å²) in [7, 11) is 0. The van der Waals surface area contributed by atoms with Gasteiger partial charge in [0.25, 0.3) is 0 Å². The number of nitrogens with two attached hydrogens (primary N) is 1. The van der Waals surface area contributed by atoms with Crippen LogP contribution in [0, 0.1) is 0 Å². The number of carboxylic acids is 1. The number of amides is 1. The number of benzene rings is 1. The Hall–Kier alpha value is -1.88. The highest BCUT2D eigenvalue weighted by atomic mass is 16.4. The number of carboxylic acid groups (broad SMARTS) is 1. The lowest BCUT2D eigenvalue weighted by Gasteiger charge is -2.33. The Bertz CT molecular complexity index is 528. The molecule has 1 amide bonds. The maximum atomic E-state index is 12.2. The number of nitrogens with zero attached hydrogens (tertiary/aromatic N) is 1. The summed E-state index contributed by atoms with van der Waals surface area (Å²) in [5.41, 5.74) is 7.43. The van der Waals surface area contributed by atoms with Crippen LogP contribution in [0.2, 0.25) is 0 Å². The molecule has 1 heterocycles. The fraction of sp³-hybridized carbons (Fsp3) is 0.500. The molecule has 1 aliphatic rings. The third-order valence-electron chi connectivity index (χ3n) is 3.90. The highest BCUT2D eigenvalue weighted by Crippen LogP contribution is 2.29. The van der Waals surface area contributed by atoms with E-state index in [-0.39, 0.29) is 18.5 Å². The molecule has 5 nitrogen and oxygen atoms in total. The Kier molecular flexibility index (Phi) is 4.96. The van der Waals surface area contributed by atoms with E-state index < -0.39 is 11.9 Å². The van der Waals surface area contributed by atoms with Gasteiger partial charge in [0.15, 0.2) is 0 Å². The van der Waals surface area contributed by atoms with E-state index >= 15 is 0 Å². The van der Waals surface area contributed by atoms with E-state index in [4.69, 9.17) is 5.73 Å². The summed E-state index contributed by atoms with van der Waals surface area (Å²) in [5, 5.41) is 9.38. The second kappa shape index (κ2) is 6.72. The number of carbonyl (C=O) groups is 2. The third kappa shape index (κ3) is 3.82. The van der Waals surface area contributed by atoms with Gasteiger partial charge in [-0.2, -0.15) is 0 Å². The predicted molar refractivity (Wildman–Crippen MR) is 79.7 cm³/mol. The Morgan fingerprint density at radius 2 is 2.14 bits per heavy atom. The first kappa shape index (κ1) is 15.5. The van der Waals surface area contributed by atoms with Gasteiger partial charge in [0.2, 0.25) is 5.91 Å². The van der Waals surface area contributed by atoms with Gasteiger partial charge in [0.1, 0.15) is 0 Å². The second-order valence-electron chi connectivity index (χ2n) is 5.73. The van der Waals surface area contributed by atoms with Crippen LogP contribution < -0.4 is 5.73 Å². The lowest BCUT2D eigenvalue weighted by Crippen LogP contribution is -2.40. The van der Waals surface area contributed by atoms with Crippen LogP contribution in [0.4, 0.5) is 0 Å². The van der Waals surface area contributed by atoms with Crippen molar-refractivity contribution in [1.29, 1.82) is 0 Å². The summed E-state index contributed by atoms with van der Waals surface area (Å²) in [6.45, 7) is 2.67. The molecule has 114 valence electrons. The molecule has 1 aromatic carbocycles. The molecule has 0 aliphatic carbocycles. The molecule has 3 N–H and O–H groups in total. The van der Waals surface area contributed by atoms with E-state index in [0.29, 0.717) is 13.0 Å². The van der Waals surface area contributed by atoms with Crippen LogP contribution in [-0.4, -0.2) is 34.5 Å². The van der Waals surface area contributed by atoms with Crippen LogP contribution in [0.3, 0.4) is 0 Å². The minimum Gasteiger partial charge on any atom is -0.481 e. The van der Waals surface area contributed by atoms with Gasteiger partial charge in [-0.25, -0.2) is 0 Å². The molecule has 2 atom stereocenters. The molecule has 0 bridgehead atoms. The summed E-state index contributed by atoms with van der Waals surface area (Å²) in [5.74, 6) is -1.50. The van der Waals surface area contributed by atoms with Crippen molar-refractivity contribution in [2.45, 2.75) is 44.7 Å². The Labute approximate surface area is 124 Å². The minimum atomic E-state index is -0.879. The quantitative estimate of drug-likeness (QED) is 0.864. The fourth-order valence-corrected chi connectivity index (χ4v) is 2.74. The van der Waals surface area contributed by atoms with Crippen LogP contribution in [0.15, 0.2) is 24.3 Å². The van der Waals surface area contributed by atoms with Gasteiger partial charge in [-0.3, -0.25) is 9.59 Å². The van der Waals surface area contributed by atoms with E-state index in [0.717, 1.165) is 24.0 Å². The Balaban J connectivity index is 2.07. The van der Waals surface area contributed by atoms with Crippen LogP contribution in [0.5, 0.6) is 0 Å². The molecule has 0 spiro atoms. The van der Waals surface area contributed by atoms with Crippen molar-refractivity contribution in [3.8, 4) is 0 Å². The van der Waals surface area contributed by atoms with Gasteiger partial charge in [-0.05, 0) is 30.9 Å². The number of aliphatic carboxylic acids is 1. The number of hydrogen-bond donors (Lipinski definition) is 2. The van der Waals surface area contributed by atoms with Crippen molar-refractivity contribution in [1.82, 2.24) is 4.90 Å². The molecular formula is C16H22N2O3. The van der Waals surface area contributed by atoms with Gasteiger partial charge in [0, 0.05) is 25.6 Å². The first-order chi connectivity index (χ1) is 9.99. The maximum Gasteiger partial charge on any atom is 0.312 e. The number of fused-ring (bicyclic) bond motifs is 1. The monoisotopic (exact) mass is 290 g/mol. The molecule has 0 saturated heterocycles. The minimum absolute atomic E-state index is 0.0106. The largest absolute Gasteiger partial charge is 0.481 e. The lowest BCUT2D eigenvalue weighted by atomic mass is 9.89. The molecule has 0 fully saturated rings. The molecule has 1 aromatic rings. The highest BCUT2D eigenvalue weighted by molar-refractivity contribution is 5.81. The molecule has 0 radical (unpaired) electrons. The van der Waals surface area contributed by atoms with Crippen LogP contribution in [0.1, 0.15) is 43.2 Å². The van der Waals surface area contributed by atoms with Crippen molar-refractivity contribution in [2.75, 3.05) is 6.54 Å². The first-order valence-electron chi connectivity index (χ1n) is 7.33. The first-order valence-corrected chi connectivity index (χ1v) is 7.33. The topological polar surface area (TPSA) is 83.6 Å². The van der Waals surface area contributed by atoms with E-state index in [1.807, 2.05) is 31.2 Å². The molecule has 21 heavy (non-hydrogen) atoms. The Morgan fingerprint density at radius 3 is 2.81 bits per heavy atom. The van der Waals surface area contributed by atoms with Gasteiger partial charge in [-0.1, -0.05) is 24.3 Å². The zero-order valence-electron chi connectivity index (χ0n) is 12.3. The average molecular weight is 290 g/mol. The normalized spacial score (nSPS) is 19.0. The van der Waals surface area contributed by atoms with Crippen molar-refractivity contribution < 1.29 is 14.7 Å². The maximum absolute atomic E-state index is 12.2. The zero-order chi connectivity index (χ0) is 15.4. The van der Waals surface area contributed by atoms with Crippen LogP contribution >= 0.6 is 0 Å². The Morgan fingerprint density at radius 1 is 1.43 bits per heavy atom. The van der Waals surface area contributed by atoms with E-state index in [1.165, 1.54) is 0 Å². The molecule has 0 aromatic heterocycles. The van der Waals surface area contributed by atoms with E-state index in [9.17, 15) is 14.7 Å². The second-order valence-corrected chi connectivity index (χ2v) is 5.73. The van der Waals surface area contributed by atoms with Gasteiger partial charge >= 0.3 is 5.97 Å². The number of carbonyl (C=O) groups excluding carboxylic acids is 1. The van der Waals surface area contributed by atoms with Gasteiger partial charge in [-0.15, -0.1) is 0 Å². The molecule has 2 rings (SSSR count). The van der Waals surface area contributed by atoms with E-state index in [2.05, 4.69) is 0 Å². The van der Waals surface area contributed by atoms with Crippen LogP contribution in [-0.2, 0) is 16.1 Å². The number of hydrogen-bond acceptors (Lipinski definition) is 3. The highest BCUT2D eigenvalue weighted by Gasteiger charge is 2.31. The SMILES string of the molecule is CC(N)CCCC(=O)N1Cc2ccccc2C(C(=O)O)C1. The summed E-state index contributed by atoms with van der Waals surface area (Å²) in [4.78, 5) is 25.3. The summed E-state index contributed by atoms with van der Waals surface area (Å²) < 4.78 is 0. The van der Waals surface area contributed by atoms with Gasteiger partial charge < -0.3 is 15.7 Å². The summed E-state index contributed by atoms with van der Waals surface area (Å²) >= 11 is 0. The summed E-state index contributed by atoms with van der Waals surface area (Å²) in [6.07, 6.45) is 1.97. The number of rotatable bonds is 5. The average Bonchev–Trinajstić information content (AvgIpc) is 2.45. The summed E-state index contributed by atoms with van der Waals surface area (Å²) in [6, 6.07) is 7.54. The third-order valence-corrected chi connectivity index (χ3v) is 3.90. The van der Waals surface area contributed by atoms with E-state index in [1.54, 1.807) is 4.90 Å². The zero-order valence-corrected chi connectivity index (χ0v) is 12.3.